The number of thioether (sulfide) groups is 1. The van der Waals surface area contributed by atoms with E-state index in [1.807, 2.05) is 37.4 Å². The maximum Gasteiger partial charge on any atom is 0.279 e. The molecular formula is C21H24N2O2S2. The largest absolute Gasteiger partial charge is 0.380 e. The zero-order valence-electron chi connectivity index (χ0n) is 16.1. The molecule has 1 aromatic heterocycles. The SMILES string of the molecule is CCOCCn1c(=NC(=O)c2cccc(SC)c2)sc2cc(C)c(C)cc21. The molecule has 0 radical (unpaired) electrons. The Morgan fingerprint density at radius 3 is 2.74 bits per heavy atom. The van der Waals surface area contributed by atoms with Gasteiger partial charge in [0.25, 0.3) is 5.91 Å². The zero-order valence-corrected chi connectivity index (χ0v) is 17.7. The molecule has 142 valence electrons. The molecule has 0 atom stereocenters. The van der Waals surface area contributed by atoms with E-state index in [0.717, 1.165) is 15.1 Å². The van der Waals surface area contributed by atoms with Crippen LogP contribution in [0.25, 0.3) is 10.2 Å². The summed E-state index contributed by atoms with van der Waals surface area (Å²) >= 11 is 3.17. The molecule has 0 saturated carbocycles. The highest BCUT2D eigenvalue weighted by Crippen LogP contribution is 2.22. The average Bonchev–Trinajstić information content (AvgIpc) is 2.98. The van der Waals surface area contributed by atoms with Crippen molar-refractivity contribution >= 4 is 39.2 Å². The average molecular weight is 401 g/mol. The van der Waals surface area contributed by atoms with Gasteiger partial charge in [0.05, 0.1) is 16.8 Å². The van der Waals surface area contributed by atoms with E-state index in [-0.39, 0.29) is 5.91 Å². The molecule has 0 aliphatic rings. The fraction of sp³-hybridized carbons (Fsp3) is 0.333. The molecule has 1 amide bonds. The van der Waals surface area contributed by atoms with Gasteiger partial charge in [0.2, 0.25) is 0 Å². The summed E-state index contributed by atoms with van der Waals surface area (Å²) in [5.41, 5.74) is 4.19. The second-order valence-corrected chi connectivity index (χ2v) is 8.18. The summed E-state index contributed by atoms with van der Waals surface area (Å²) in [5, 5.41) is 0. The Balaban J connectivity index is 2.09. The van der Waals surface area contributed by atoms with Crippen LogP contribution in [0, 0.1) is 13.8 Å². The van der Waals surface area contributed by atoms with Crippen molar-refractivity contribution in [3.8, 4) is 0 Å². The van der Waals surface area contributed by atoms with Crippen LogP contribution in [0.3, 0.4) is 0 Å². The molecule has 27 heavy (non-hydrogen) atoms. The number of amides is 1. The van der Waals surface area contributed by atoms with Crippen molar-refractivity contribution in [1.82, 2.24) is 4.57 Å². The molecule has 0 unspecified atom stereocenters. The third kappa shape index (κ3) is 4.51. The number of aromatic nitrogens is 1. The number of rotatable bonds is 6. The summed E-state index contributed by atoms with van der Waals surface area (Å²) in [6.07, 6.45) is 2.00. The predicted molar refractivity (Wildman–Crippen MR) is 114 cm³/mol. The van der Waals surface area contributed by atoms with Crippen molar-refractivity contribution in [2.75, 3.05) is 19.5 Å². The number of nitrogens with zero attached hydrogens (tertiary/aromatic N) is 2. The van der Waals surface area contributed by atoms with Crippen LogP contribution < -0.4 is 4.80 Å². The van der Waals surface area contributed by atoms with Gasteiger partial charge in [-0.2, -0.15) is 4.99 Å². The van der Waals surface area contributed by atoms with E-state index in [2.05, 4.69) is 35.5 Å². The van der Waals surface area contributed by atoms with E-state index in [4.69, 9.17) is 4.74 Å². The van der Waals surface area contributed by atoms with Crippen LogP contribution in [-0.4, -0.2) is 29.9 Å². The summed E-state index contributed by atoms with van der Waals surface area (Å²) in [4.78, 5) is 19.0. The number of hydrogen-bond donors (Lipinski definition) is 0. The van der Waals surface area contributed by atoms with E-state index in [1.54, 1.807) is 23.1 Å². The first-order valence-electron chi connectivity index (χ1n) is 8.95. The van der Waals surface area contributed by atoms with Crippen LogP contribution in [0.2, 0.25) is 0 Å². The van der Waals surface area contributed by atoms with Gasteiger partial charge in [-0.3, -0.25) is 4.79 Å². The second kappa shape index (κ2) is 8.87. The molecule has 0 saturated heterocycles. The lowest BCUT2D eigenvalue weighted by Gasteiger charge is -2.07. The minimum Gasteiger partial charge on any atom is -0.380 e. The first-order chi connectivity index (χ1) is 13.0. The number of thiazole rings is 1. The molecule has 0 bridgehead atoms. The highest BCUT2D eigenvalue weighted by atomic mass is 32.2. The van der Waals surface area contributed by atoms with E-state index < -0.39 is 0 Å². The summed E-state index contributed by atoms with van der Waals surface area (Å²) in [5.74, 6) is -0.212. The molecule has 0 aliphatic carbocycles. The number of fused-ring (bicyclic) bond motifs is 1. The van der Waals surface area contributed by atoms with Gasteiger partial charge >= 0.3 is 0 Å². The van der Waals surface area contributed by atoms with Gasteiger partial charge in [-0.05, 0) is 68.5 Å². The summed E-state index contributed by atoms with van der Waals surface area (Å²) in [6, 6.07) is 11.9. The molecule has 6 heteroatoms. The molecule has 4 nitrogen and oxygen atoms in total. The fourth-order valence-electron chi connectivity index (χ4n) is 2.83. The quantitative estimate of drug-likeness (QED) is 0.440. The lowest BCUT2D eigenvalue weighted by Crippen LogP contribution is -2.19. The summed E-state index contributed by atoms with van der Waals surface area (Å²) in [6.45, 7) is 8.14. The molecule has 3 rings (SSSR count). The van der Waals surface area contributed by atoms with Crippen molar-refractivity contribution in [3.63, 3.8) is 0 Å². The molecular weight excluding hydrogens is 376 g/mol. The van der Waals surface area contributed by atoms with Crippen LogP contribution in [0.1, 0.15) is 28.4 Å². The number of carbonyl (C=O) groups excluding carboxylic acids is 1. The Hall–Kier alpha value is -1.89. The predicted octanol–water partition coefficient (Wildman–Crippen LogP) is 4.82. The maximum atomic E-state index is 12.8. The Labute approximate surface area is 167 Å². The standard InChI is InChI=1S/C21H24N2O2S2/c1-5-25-10-9-23-18-11-14(2)15(3)12-19(18)27-21(23)22-20(24)16-7-6-8-17(13-16)26-4/h6-8,11-13H,5,9-10H2,1-4H3. The van der Waals surface area contributed by atoms with Crippen LogP contribution in [-0.2, 0) is 11.3 Å². The van der Waals surface area contributed by atoms with Crippen molar-refractivity contribution in [1.29, 1.82) is 0 Å². The second-order valence-electron chi connectivity index (χ2n) is 6.29. The van der Waals surface area contributed by atoms with Gasteiger partial charge in [-0.1, -0.05) is 17.4 Å². The highest BCUT2D eigenvalue weighted by Gasteiger charge is 2.11. The van der Waals surface area contributed by atoms with Gasteiger partial charge in [0.1, 0.15) is 0 Å². The van der Waals surface area contributed by atoms with Crippen LogP contribution in [0.5, 0.6) is 0 Å². The number of carbonyl (C=O) groups is 1. The van der Waals surface area contributed by atoms with E-state index in [1.165, 1.54) is 11.1 Å². The Morgan fingerprint density at radius 2 is 2.00 bits per heavy atom. The van der Waals surface area contributed by atoms with Gasteiger partial charge in [0.15, 0.2) is 4.80 Å². The Kier molecular flexibility index (Phi) is 6.52. The Bertz CT molecular complexity index is 1030. The minimum absolute atomic E-state index is 0.212. The first-order valence-corrected chi connectivity index (χ1v) is 11.0. The number of hydrogen-bond acceptors (Lipinski definition) is 4. The van der Waals surface area contributed by atoms with Gasteiger partial charge in [-0.25, -0.2) is 0 Å². The summed E-state index contributed by atoms with van der Waals surface area (Å²) in [7, 11) is 0. The number of benzene rings is 2. The van der Waals surface area contributed by atoms with E-state index >= 15 is 0 Å². The maximum absolute atomic E-state index is 12.8. The van der Waals surface area contributed by atoms with E-state index in [9.17, 15) is 4.79 Å². The van der Waals surface area contributed by atoms with Crippen molar-refractivity contribution in [3.05, 3.63) is 57.9 Å². The van der Waals surface area contributed by atoms with Crippen molar-refractivity contribution in [2.24, 2.45) is 4.99 Å². The monoisotopic (exact) mass is 400 g/mol. The lowest BCUT2D eigenvalue weighted by atomic mass is 10.1. The number of ether oxygens (including phenoxy) is 1. The third-order valence-corrected chi connectivity index (χ3v) is 6.24. The number of aryl methyl sites for hydroxylation is 2. The molecule has 0 spiro atoms. The molecule has 0 fully saturated rings. The summed E-state index contributed by atoms with van der Waals surface area (Å²) < 4.78 is 8.77. The third-order valence-electron chi connectivity index (χ3n) is 4.48. The van der Waals surface area contributed by atoms with Gasteiger partial charge in [-0.15, -0.1) is 11.8 Å². The fourth-order valence-corrected chi connectivity index (χ4v) is 4.42. The van der Waals surface area contributed by atoms with Gasteiger partial charge in [0, 0.05) is 23.6 Å². The Morgan fingerprint density at radius 1 is 1.22 bits per heavy atom. The van der Waals surface area contributed by atoms with Crippen LogP contribution in [0.4, 0.5) is 0 Å². The molecule has 3 aromatic rings. The normalized spacial score (nSPS) is 12.1. The zero-order chi connectivity index (χ0) is 19.4. The molecule has 0 aliphatic heterocycles. The minimum atomic E-state index is -0.212. The molecule has 2 aromatic carbocycles. The van der Waals surface area contributed by atoms with Crippen LogP contribution in [0.15, 0.2) is 46.3 Å². The van der Waals surface area contributed by atoms with Crippen LogP contribution >= 0.6 is 23.1 Å². The van der Waals surface area contributed by atoms with E-state index in [0.29, 0.717) is 30.1 Å². The molecule has 1 heterocycles. The first kappa shape index (κ1) is 19.9. The smallest absolute Gasteiger partial charge is 0.279 e. The topological polar surface area (TPSA) is 43.6 Å². The lowest BCUT2D eigenvalue weighted by molar-refractivity contribution is 0.0996. The van der Waals surface area contributed by atoms with Crippen molar-refractivity contribution in [2.45, 2.75) is 32.2 Å². The molecule has 0 N–H and O–H groups in total. The van der Waals surface area contributed by atoms with Crippen molar-refractivity contribution < 1.29 is 9.53 Å². The highest BCUT2D eigenvalue weighted by molar-refractivity contribution is 7.98. The van der Waals surface area contributed by atoms with Gasteiger partial charge < -0.3 is 9.30 Å².